The molecule has 4 aromatic rings. The van der Waals surface area contributed by atoms with E-state index >= 15 is 0 Å². The molecule has 25 heavy (non-hydrogen) atoms. The van der Waals surface area contributed by atoms with E-state index in [4.69, 9.17) is 0 Å². The molecule has 0 aliphatic heterocycles. The Kier molecular flexibility index (Phi) is 17.7. The van der Waals surface area contributed by atoms with Crippen LogP contribution in [0.4, 0.5) is 0 Å². The predicted octanol–water partition coefficient (Wildman–Crippen LogP) is 5.94. The van der Waals surface area contributed by atoms with Crippen molar-refractivity contribution in [3.05, 3.63) is 146 Å². The molecule has 0 radical (unpaired) electrons. The van der Waals surface area contributed by atoms with E-state index in [0.29, 0.717) is 0 Å². The molecule has 0 aliphatic carbocycles. The zero-order valence-electron chi connectivity index (χ0n) is 14.0. The van der Waals surface area contributed by atoms with Crippen LogP contribution in [0.1, 0.15) is 0 Å². The van der Waals surface area contributed by atoms with Crippen LogP contribution in [0, 0.1) is 24.3 Å². The Hall–Kier alpha value is -2.43. The molecule has 0 amide bonds. The summed E-state index contributed by atoms with van der Waals surface area (Å²) in [5.74, 6) is 0. The van der Waals surface area contributed by atoms with Gasteiger partial charge in [-0.15, -0.1) is 0 Å². The van der Waals surface area contributed by atoms with Crippen LogP contribution in [0.25, 0.3) is 0 Å². The molecular weight excluding hydrogens is 384 g/mol. The first-order valence-corrected chi connectivity index (χ1v) is 7.64. The number of hydrogen-bond donors (Lipinski definition) is 0. The van der Waals surface area contributed by atoms with E-state index in [1.165, 1.54) is 0 Å². The van der Waals surface area contributed by atoms with Crippen molar-refractivity contribution >= 4 is 0 Å². The molecule has 122 valence electrons. The molecule has 0 saturated heterocycles. The smallest absolute Gasteiger partial charge is 0.184 e. The van der Waals surface area contributed by atoms with Crippen LogP contribution < -0.4 is 0 Å². The Bertz CT molecular complexity index is 420. The molecule has 0 unspecified atom stereocenters. The Morgan fingerprint density at radius 1 is 0.240 bits per heavy atom. The van der Waals surface area contributed by atoms with Crippen LogP contribution in [0.15, 0.2) is 121 Å². The van der Waals surface area contributed by atoms with Crippen molar-refractivity contribution in [3.63, 3.8) is 0 Å². The summed E-state index contributed by atoms with van der Waals surface area (Å²) in [6, 6.07) is 50.0. The van der Waals surface area contributed by atoms with Gasteiger partial charge in [0.1, 0.15) is 0 Å². The average molecular weight is 404 g/mol. The summed E-state index contributed by atoms with van der Waals surface area (Å²) in [4.78, 5) is 0. The monoisotopic (exact) mass is 406 g/mol. The third-order valence-electron chi connectivity index (χ3n) is 2.43. The van der Waals surface area contributed by atoms with Crippen molar-refractivity contribution in [1.82, 2.24) is 0 Å². The molecule has 0 heterocycles. The third kappa shape index (κ3) is 17.8. The largest absolute Gasteiger partial charge is 4.00 e. The van der Waals surface area contributed by atoms with Crippen LogP contribution in [0.3, 0.4) is 0 Å². The summed E-state index contributed by atoms with van der Waals surface area (Å²) in [6.07, 6.45) is 0. The van der Waals surface area contributed by atoms with E-state index in [-0.39, 0.29) is 21.1 Å². The van der Waals surface area contributed by atoms with Crippen molar-refractivity contribution in [2.75, 3.05) is 0 Å². The van der Waals surface area contributed by atoms with Gasteiger partial charge in [0.25, 0.3) is 0 Å². The van der Waals surface area contributed by atoms with Crippen molar-refractivity contribution in [3.8, 4) is 0 Å². The van der Waals surface area contributed by atoms with Crippen LogP contribution in [0.2, 0.25) is 0 Å². The Morgan fingerprint density at radius 3 is 0.440 bits per heavy atom. The molecule has 0 spiro atoms. The second kappa shape index (κ2) is 19.6. The summed E-state index contributed by atoms with van der Waals surface area (Å²) in [5, 5.41) is 0. The van der Waals surface area contributed by atoms with E-state index in [0.717, 1.165) is 0 Å². The molecule has 0 aliphatic rings. The molecule has 0 bridgehead atoms. The fraction of sp³-hybridized carbons (Fsp3) is 0. The molecular formula is C24H20Mo. The fourth-order valence-electron chi connectivity index (χ4n) is 1.37. The summed E-state index contributed by atoms with van der Waals surface area (Å²) < 4.78 is 0. The predicted molar refractivity (Wildman–Crippen MR) is 101 cm³/mol. The zero-order valence-corrected chi connectivity index (χ0v) is 16.0. The summed E-state index contributed by atoms with van der Waals surface area (Å²) in [6.45, 7) is 0. The number of hydrogen-bond acceptors (Lipinski definition) is 0. The number of rotatable bonds is 0. The Balaban J connectivity index is 0.000000303. The topological polar surface area (TPSA) is 0 Å². The third-order valence-corrected chi connectivity index (χ3v) is 2.43. The maximum Gasteiger partial charge on any atom is 4.00 e. The van der Waals surface area contributed by atoms with Gasteiger partial charge in [-0.05, 0) is 0 Å². The minimum absolute atomic E-state index is 0. The van der Waals surface area contributed by atoms with E-state index < -0.39 is 0 Å². The van der Waals surface area contributed by atoms with Gasteiger partial charge in [-0.3, -0.25) is 0 Å². The van der Waals surface area contributed by atoms with Crippen molar-refractivity contribution in [2.45, 2.75) is 0 Å². The number of benzene rings is 4. The minimum Gasteiger partial charge on any atom is -0.184 e. The maximum atomic E-state index is 2.89. The first-order chi connectivity index (χ1) is 12.0. The van der Waals surface area contributed by atoms with E-state index in [2.05, 4.69) is 24.3 Å². The molecule has 4 rings (SSSR count). The van der Waals surface area contributed by atoms with Gasteiger partial charge in [-0.1, -0.05) is 0 Å². The minimum atomic E-state index is 0. The van der Waals surface area contributed by atoms with Crippen LogP contribution in [-0.2, 0) is 21.1 Å². The van der Waals surface area contributed by atoms with Crippen LogP contribution >= 0.6 is 0 Å². The SMILES string of the molecule is [Mo+4].[c-]1ccccc1.[c-]1ccccc1.[c-]1ccccc1.[c-]1ccccc1. The summed E-state index contributed by atoms with van der Waals surface area (Å²) >= 11 is 0. The molecule has 0 fully saturated rings. The molecule has 0 atom stereocenters. The molecule has 0 aromatic heterocycles. The fourth-order valence-corrected chi connectivity index (χ4v) is 1.37. The van der Waals surface area contributed by atoms with Crippen molar-refractivity contribution in [2.24, 2.45) is 0 Å². The molecule has 1 heteroatoms. The van der Waals surface area contributed by atoms with Crippen molar-refractivity contribution in [1.29, 1.82) is 0 Å². The second-order valence-corrected chi connectivity index (χ2v) is 4.31. The quantitative estimate of drug-likeness (QED) is 0.251. The van der Waals surface area contributed by atoms with Gasteiger partial charge in [0.2, 0.25) is 0 Å². The molecule has 4 aromatic carbocycles. The van der Waals surface area contributed by atoms with Gasteiger partial charge in [0.05, 0.1) is 0 Å². The van der Waals surface area contributed by atoms with Crippen LogP contribution in [-0.4, -0.2) is 0 Å². The second-order valence-electron chi connectivity index (χ2n) is 4.31. The Morgan fingerprint density at radius 2 is 0.400 bits per heavy atom. The summed E-state index contributed by atoms with van der Waals surface area (Å²) in [7, 11) is 0. The first-order valence-electron chi connectivity index (χ1n) is 7.64. The normalized spacial score (nSPS) is 7.68. The van der Waals surface area contributed by atoms with Gasteiger partial charge in [0.15, 0.2) is 0 Å². The van der Waals surface area contributed by atoms with E-state index in [9.17, 15) is 0 Å². The molecule has 0 N–H and O–H groups in total. The first kappa shape index (κ1) is 22.6. The van der Waals surface area contributed by atoms with Gasteiger partial charge in [-0.25, -0.2) is 0 Å². The van der Waals surface area contributed by atoms with E-state index in [1.807, 2.05) is 121 Å². The van der Waals surface area contributed by atoms with Gasteiger partial charge < -0.3 is 0 Å². The molecule has 0 saturated carbocycles. The maximum absolute atomic E-state index is 2.89. The molecule has 0 nitrogen and oxygen atoms in total. The van der Waals surface area contributed by atoms with Crippen LogP contribution in [0.5, 0.6) is 0 Å². The van der Waals surface area contributed by atoms with Gasteiger partial charge in [0, 0.05) is 0 Å². The Labute approximate surface area is 166 Å². The average Bonchev–Trinajstić information content (AvgIpc) is 2.75. The zero-order chi connectivity index (χ0) is 17.0. The standard InChI is InChI=1S/4C6H5.Mo/c4*1-2-4-6-5-3-1;/h4*1-5H;/q4*-1;+4. The summed E-state index contributed by atoms with van der Waals surface area (Å²) in [5.41, 5.74) is 0. The van der Waals surface area contributed by atoms with Gasteiger partial charge >= 0.3 is 21.1 Å². The van der Waals surface area contributed by atoms with Gasteiger partial charge in [-0.2, -0.15) is 146 Å². The van der Waals surface area contributed by atoms with E-state index in [1.54, 1.807) is 0 Å². The van der Waals surface area contributed by atoms with Crippen molar-refractivity contribution < 1.29 is 21.1 Å².